The van der Waals surface area contributed by atoms with E-state index in [1.54, 1.807) is 0 Å². The maximum atomic E-state index is 8.61. The Balaban J connectivity index is 2.05. The van der Waals surface area contributed by atoms with Crippen molar-refractivity contribution in [3.05, 3.63) is 0 Å². The van der Waals surface area contributed by atoms with E-state index < -0.39 is 6.29 Å². The normalized spacial score (nSPS) is 21.0. The number of aliphatic hydroxyl groups is 2. The van der Waals surface area contributed by atoms with Crippen LogP contribution in [0.5, 0.6) is 0 Å². The second-order valence-corrected chi connectivity index (χ2v) is 3.95. The SMILES string of the molecule is OC(O)CCN1CCSCC1. The third-order valence-corrected chi connectivity index (χ3v) is 2.75. The van der Waals surface area contributed by atoms with Crippen LogP contribution in [0.3, 0.4) is 0 Å². The van der Waals surface area contributed by atoms with E-state index in [1.165, 1.54) is 11.5 Å². The summed E-state index contributed by atoms with van der Waals surface area (Å²) in [5.74, 6) is 2.36. The zero-order valence-corrected chi connectivity index (χ0v) is 7.39. The second-order valence-electron chi connectivity index (χ2n) is 2.72. The van der Waals surface area contributed by atoms with E-state index in [0.29, 0.717) is 6.42 Å². The van der Waals surface area contributed by atoms with Crippen molar-refractivity contribution >= 4 is 11.8 Å². The van der Waals surface area contributed by atoms with Crippen molar-refractivity contribution in [2.75, 3.05) is 31.1 Å². The third kappa shape index (κ3) is 3.96. The van der Waals surface area contributed by atoms with E-state index >= 15 is 0 Å². The van der Waals surface area contributed by atoms with E-state index in [-0.39, 0.29) is 0 Å². The molecule has 0 spiro atoms. The highest BCUT2D eigenvalue weighted by Crippen LogP contribution is 2.09. The summed E-state index contributed by atoms with van der Waals surface area (Å²) in [6, 6.07) is 0. The van der Waals surface area contributed by atoms with Crippen molar-refractivity contribution in [2.45, 2.75) is 12.7 Å². The van der Waals surface area contributed by atoms with E-state index in [9.17, 15) is 0 Å². The van der Waals surface area contributed by atoms with Gasteiger partial charge in [-0.1, -0.05) is 0 Å². The highest BCUT2D eigenvalue weighted by molar-refractivity contribution is 7.99. The lowest BCUT2D eigenvalue weighted by atomic mass is 10.3. The number of thioether (sulfide) groups is 1. The van der Waals surface area contributed by atoms with Crippen molar-refractivity contribution < 1.29 is 10.2 Å². The molecule has 2 N–H and O–H groups in total. The summed E-state index contributed by atoms with van der Waals surface area (Å²) >= 11 is 1.97. The molecule has 1 aliphatic heterocycles. The van der Waals surface area contributed by atoms with Gasteiger partial charge in [0, 0.05) is 37.6 Å². The molecule has 1 heterocycles. The standard InChI is InChI=1S/C7H15NO2S/c9-7(10)1-2-8-3-5-11-6-4-8/h7,9-10H,1-6H2. The molecule has 0 aromatic rings. The molecule has 0 aromatic carbocycles. The molecule has 0 radical (unpaired) electrons. The van der Waals surface area contributed by atoms with E-state index in [1.807, 2.05) is 11.8 Å². The Morgan fingerprint density at radius 3 is 2.45 bits per heavy atom. The third-order valence-electron chi connectivity index (χ3n) is 1.81. The van der Waals surface area contributed by atoms with E-state index in [0.717, 1.165) is 19.6 Å². The molecule has 0 saturated carbocycles. The van der Waals surface area contributed by atoms with Gasteiger partial charge < -0.3 is 15.1 Å². The number of rotatable bonds is 3. The predicted molar refractivity (Wildman–Crippen MR) is 46.6 cm³/mol. The quantitative estimate of drug-likeness (QED) is 0.583. The van der Waals surface area contributed by atoms with Crippen LogP contribution >= 0.6 is 11.8 Å². The van der Waals surface area contributed by atoms with Crippen LogP contribution in [-0.4, -0.2) is 52.5 Å². The Morgan fingerprint density at radius 1 is 1.27 bits per heavy atom. The first-order valence-electron chi connectivity index (χ1n) is 3.95. The fourth-order valence-electron chi connectivity index (χ4n) is 1.12. The van der Waals surface area contributed by atoms with Gasteiger partial charge in [-0.25, -0.2) is 0 Å². The first kappa shape index (κ1) is 9.32. The summed E-state index contributed by atoms with van der Waals surface area (Å²) in [6.07, 6.45) is -0.658. The first-order chi connectivity index (χ1) is 5.29. The Hall–Kier alpha value is 0.230. The Labute approximate surface area is 71.4 Å². The van der Waals surface area contributed by atoms with Crippen molar-refractivity contribution in [3.8, 4) is 0 Å². The van der Waals surface area contributed by atoms with Gasteiger partial charge in [-0.3, -0.25) is 0 Å². The lowest BCUT2D eigenvalue weighted by Crippen LogP contribution is -2.34. The van der Waals surface area contributed by atoms with E-state index in [2.05, 4.69) is 4.90 Å². The molecular weight excluding hydrogens is 162 g/mol. The Bertz CT molecular complexity index is 105. The number of nitrogens with zero attached hydrogens (tertiary/aromatic N) is 1. The van der Waals surface area contributed by atoms with Crippen LogP contribution in [0.1, 0.15) is 6.42 Å². The molecule has 1 fully saturated rings. The highest BCUT2D eigenvalue weighted by atomic mass is 32.2. The summed E-state index contributed by atoms with van der Waals surface area (Å²) < 4.78 is 0. The minimum atomic E-state index is -1.13. The summed E-state index contributed by atoms with van der Waals surface area (Å²) in [5, 5.41) is 17.2. The zero-order valence-electron chi connectivity index (χ0n) is 6.57. The van der Waals surface area contributed by atoms with Crippen LogP contribution in [0.4, 0.5) is 0 Å². The van der Waals surface area contributed by atoms with Gasteiger partial charge in [0.05, 0.1) is 0 Å². The monoisotopic (exact) mass is 177 g/mol. The van der Waals surface area contributed by atoms with Crippen LogP contribution < -0.4 is 0 Å². The Kier molecular flexibility index (Phi) is 4.22. The largest absolute Gasteiger partial charge is 0.368 e. The van der Waals surface area contributed by atoms with Gasteiger partial charge in [-0.05, 0) is 0 Å². The van der Waals surface area contributed by atoms with Gasteiger partial charge >= 0.3 is 0 Å². The smallest absolute Gasteiger partial charge is 0.152 e. The second kappa shape index (κ2) is 4.98. The Morgan fingerprint density at radius 2 is 1.91 bits per heavy atom. The van der Waals surface area contributed by atoms with Crippen LogP contribution in [0.25, 0.3) is 0 Å². The molecule has 3 nitrogen and oxygen atoms in total. The van der Waals surface area contributed by atoms with Crippen LogP contribution in [0, 0.1) is 0 Å². The molecule has 1 aliphatic rings. The van der Waals surface area contributed by atoms with Crippen LogP contribution in [-0.2, 0) is 0 Å². The summed E-state index contributed by atoms with van der Waals surface area (Å²) in [5.41, 5.74) is 0. The van der Waals surface area contributed by atoms with Gasteiger partial charge in [0.1, 0.15) is 0 Å². The molecule has 4 heteroatoms. The molecule has 0 unspecified atom stereocenters. The minimum absolute atomic E-state index is 0.477. The average Bonchev–Trinajstić information content (AvgIpc) is 2.03. The molecular formula is C7H15NO2S. The lowest BCUT2D eigenvalue weighted by Gasteiger charge is -2.26. The van der Waals surface area contributed by atoms with E-state index in [4.69, 9.17) is 10.2 Å². The molecule has 66 valence electrons. The lowest BCUT2D eigenvalue weighted by molar-refractivity contribution is -0.0499. The number of hydrogen-bond acceptors (Lipinski definition) is 4. The van der Waals surface area contributed by atoms with Crippen LogP contribution in [0.2, 0.25) is 0 Å². The maximum Gasteiger partial charge on any atom is 0.152 e. The minimum Gasteiger partial charge on any atom is -0.368 e. The number of aliphatic hydroxyl groups excluding tert-OH is 1. The van der Waals surface area contributed by atoms with Crippen molar-refractivity contribution in [2.24, 2.45) is 0 Å². The highest BCUT2D eigenvalue weighted by Gasteiger charge is 2.10. The maximum absolute atomic E-state index is 8.61. The molecule has 11 heavy (non-hydrogen) atoms. The summed E-state index contributed by atoms with van der Waals surface area (Å²) in [7, 11) is 0. The van der Waals surface area contributed by atoms with Crippen molar-refractivity contribution in [3.63, 3.8) is 0 Å². The molecule has 0 amide bonds. The predicted octanol–water partition coefficient (Wildman–Crippen LogP) is -0.264. The summed E-state index contributed by atoms with van der Waals surface area (Å²) in [4.78, 5) is 2.27. The molecule has 1 rings (SSSR count). The van der Waals surface area contributed by atoms with Crippen molar-refractivity contribution in [1.29, 1.82) is 0 Å². The van der Waals surface area contributed by atoms with Crippen LogP contribution in [0.15, 0.2) is 0 Å². The topological polar surface area (TPSA) is 43.7 Å². The summed E-state index contributed by atoms with van der Waals surface area (Å²) in [6.45, 7) is 3.01. The van der Waals surface area contributed by atoms with Gasteiger partial charge in [-0.15, -0.1) is 0 Å². The average molecular weight is 177 g/mol. The molecule has 0 aromatic heterocycles. The van der Waals surface area contributed by atoms with Gasteiger partial charge in [0.25, 0.3) is 0 Å². The van der Waals surface area contributed by atoms with Gasteiger partial charge in [0.15, 0.2) is 6.29 Å². The fourth-order valence-corrected chi connectivity index (χ4v) is 2.10. The molecule has 0 aliphatic carbocycles. The van der Waals surface area contributed by atoms with Gasteiger partial charge in [0.2, 0.25) is 0 Å². The molecule has 0 bridgehead atoms. The molecule has 0 atom stereocenters. The molecule has 1 saturated heterocycles. The first-order valence-corrected chi connectivity index (χ1v) is 5.11. The zero-order chi connectivity index (χ0) is 8.10. The van der Waals surface area contributed by atoms with Crippen molar-refractivity contribution in [1.82, 2.24) is 4.90 Å². The fraction of sp³-hybridized carbons (Fsp3) is 1.00. The number of hydrogen-bond donors (Lipinski definition) is 2. The van der Waals surface area contributed by atoms with Gasteiger partial charge in [-0.2, -0.15) is 11.8 Å².